The topological polar surface area (TPSA) is 206 Å². The van der Waals surface area contributed by atoms with Crippen LogP contribution in [-0.2, 0) is 61.6 Å². The van der Waals surface area contributed by atoms with E-state index in [2.05, 4.69) is 10.0 Å². The molecule has 4 aliphatic rings. The Kier molecular flexibility index (Phi) is 13.6. The van der Waals surface area contributed by atoms with Gasteiger partial charge in [0.15, 0.2) is 18.9 Å². The summed E-state index contributed by atoms with van der Waals surface area (Å²) in [5, 5.41) is 15.0. The highest BCUT2D eigenvalue weighted by atomic mass is 16.8. The van der Waals surface area contributed by atoms with Gasteiger partial charge >= 0.3 is 5.97 Å². The van der Waals surface area contributed by atoms with Crippen LogP contribution in [0.25, 0.3) is 10.4 Å². The molecule has 49 heavy (non-hydrogen) atoms. The highest BCUT2D eigenvalue weighted by molar-refractivity contribution is 5.89. The van der Waals surface area contributed by atoms with Gasteiger partial charge in [0.05, 0.1) is 24.9 Å². The van der Waals surface area contributed by atoms with Crippen molar-refractivity contribution >= 4 is 5.97 Å². The fourth-order valence-electron chi connectivity index (χ4n) is 6.72. The molecule has 4 saturated heterocycles. The third kappa shape index (κ3) is 8.03. The molecular formula is C31H45N3O15. The number of carbonyl (C=O) groups is 1. The minimum Gasteiger partial charge on any atom is -0.459 e. The van der Waals surface area contributed by atoms with Gasteiger partial charge in [0.2, 0.25) is 0 Å². The molecule has 1 aromatic rings. The van der Waals surface area contributed by atoms with E-state index in [-0.39, 0.29) is 19.8 Å². The Balaban J connectivity index is 1.36. The van der Waals surface area contributed by atoms with Gasteiger partial charge in [-0.2, -0.15) is 0 Å². The predicted octanol–water partition coefficient (Wildman–Crippen LogP) is 0.580. The summed E-state index contributed by atoms with van der Waals surface area (Å²) < 4.78 is 77.1. The summed E-state index contributed by atoms with van der Waals surface area (Å²) in [5.41, 5.74) is 9.51. The van der Waals surface area contributed by atoms with E-state index in [4.69, 9.17) is 61.6 Å². The van der Waals surface area contributed by atoms with Gasteiger partial charge in [0.1, 0.15) is 73.7 Å². The van der Waals surface area contributed by atoms with E-state index in [0.29, 0.717) is 5.56 Å². The smallest absolute Gasteiger partial charge is 0.338 e. The number of hydrogen-bond donors (Lipinski definition) is 1. The lowest BCUT2D eigenvalue weighted by molar-refractivity contribution is -0.375. The zero-order valence-electron chi connectivity index (χ0n) is 28.2. The van der Waals surface area contributed by atoms with Crippen molar-refractivity contribution in [3.63, 3.8) is 0 Å². The first-order chi connectivity index (χ1) is 23.8. The molecule has 18 heteroatoms. The van der Waals surface area contributed by atoms with Crippen LogP contribution in [-0.4, -0.2) is 166 Å². The number of hydrogen-bond acceptors (Lipinski definition) is 16. The number of esters is 1. The van der Waals surface area contributed by atoms with Crippen molar-refractivity contribution < 1.29 is 71.5 Å². The molecule has 0 radical (unpaired) electrons. The summed E-state index contributed by atoms with van der Waals surface area (Å²) in [6, 6.07) is 7.63. The van der Waals surface area contributed by atoms with Gasteiger partial charge in [-0.3, -0.25) is 0 Å². The first-order valence-electron chi connectivity index (χ1n) is 15.8. The van der Waals surface area contributed by atoms with Crippen LogP contribution in [0.2, 0.25) is 0 Å². The number of ether oxygens (including phenoxy) is 13. The normalized spacial score (nSPS) is 40.4. The SMILES string of the molecule is COC[C@@H]1O[C@@H](O[C@H]2C3CO[C@H](O3)[C@@H](N=[N+]=[N-])C2OC)C(OC)C(OC)[C@@H]1O[C@H]1O[C@@H](COC(=O)c2ccccc2)[C@@H](O)C(OC)C1OC. The lowest BCUT2D eigenvalue weighted by Gasteiger charge is -2.49. The van der Waals surface area contributed by atoms with Crippen LogP contribution in [0.1, 0.15) is 10.4 Å². The number of aliphatic hydroxyl groups excluding tert-OH is 1. The van der Waals surface area contributed by atoms with Crippen LogP contribution in [0.3, 0.4) is 0 Å². The van der Waals surface area contributed by atoms with Crippen LogP contribution < -0.4 is 0 Å². The second-order valence-electron chi connectivity index (χ2n) is 11.8. The molecule has 0 amide bonds. The van der Waals surface area contributed by atoms with Crippen molar-refractivity contribution in [1.29, 1.82) is 0 Å². The Bertz CT molecular complexity index is 1240. The number of nitrogens with zero attached hydrogens (tertiary/aromatic N) is 3. The first-order valence-corrected chi connectivity index (χ1v) is 15.8. The molecule has 18 nitrogen and oxygen atoms in total. The van der Waals surface area contributed by atoms with Gasteiger partial charge in [0.25, 0.3) is 0 Å². The fourth-order valence-corrected chi connectivity index (χ4v) is 6.72. The van der Waals surface area contributed by atoms with E-state index in [1.54, 1.807) is 30.3 Å². The number of rotatable bonds is 15. The Hall–Kier alpha value is -2.52. The summed E-state index contributed by atoms with van der Waals surface area (Å²) in [5.74, 6) is -0.588. The largest absolute Gasteiger partial charge is 0.459 e. The van der Waals surface area contributed by atoms with Crippen LogP contribution in [0, 0.1) is 0 Å². The molecule has 1 N–H and O–H groups in total. The maximum atomic E-state index is 12.7. The van der Waals surface area contributed by atoms with Gasteiger partial charge in [-0.25, -0.2) is 4.79 Å². The van der Waals surface area contributed by atoms with E-state index >= 15 is 0 Å². The van der Waals surface area contributed by atoms with E-state index in [1.807, 2.05) is 0 Å². The molecule has 4 fully saturated rings. The standard InChI is InChI=1S/C31H45N3O15/c1-37-12-17-22(49-30-26(41-5)24(39-3)20(35)16(45-30)13-43-28(36)15-10-8-7-9-11-15)25(40-4)27(42-6)31(47-17)48-21-18-14-44-29(46-18)19(33-34-32)23(21)38-2/h7-11,16-27,29-31,35H,12-14H2,1-6H3/t16-,17-,18?,19-,20+,21-,22+,23?,24?,25?,26?,27?,29+,30+,31-/m0/s1. The minimum absolute atomic E-state index is 0.0322. The molecule has 0 saturated carbocycles. The van der Waals surface area contributed by atoms with Crippen molar-refractivity contribution in [2.75, 3.05) is 62.5 Å². The number of methoxy groups -OCH3 is 6. The van der Waals surface area contributed by atoms with E-state index in [9.17, 15) is 15.4 Å². The third-order valence-electron chi connectivity index (χ3n) is 9.10. The quantitative estimate of drug-likeness (QED) is 0.115. The maximum Gasteiger partial charge on any atom is 0.338 e. The molecule has 4 aliphatic heterocycles. The lowest BCUT2D eigenvalue weighted by atomic mass is 9.95. The summed E-state index contributed by atoms with van der Waals surface area (Å²) in [7, 11) is 8.78. The zero-order chi connectivity index (χ0) is 35.1. The van der Waals surface area contributed by atoms with Gasteiger partial charge in [-0.05, 0) is 17.7 Å². The van der Waals surface area contributed by atoms with Crippen molar-refractivity contribution in [3.05, 3.63) is 46.3 Å². The molecule has 1 aromatic carbocycles. The predicted molar refractivity (Wildman–Crippen MR) is 163 cm³/mol. The average molecular weight is 700 g/mol. The summed E-state index contributed by atoms with van der Waals surface area (Å²) in [6.45, 7) is -0.0844. The van der Waals surface area contributed by atoms with E-state index in [1.165, 1.54) is 42.7 Å². The molecule has 274 valence electrons. The second-order valence-corrected chi connectivity index (χ2v) is 11.8. The van der Waals surface area contributed by atoms with Crippen LogP contribution in [0.5, 0.6) is 0 Å². The summed E-state index contributed by atoms with van der Waals surface area (Å²) in [6.07, 6.45) is -12.6. The summed E-state index contributed by atoms with van der Waals surface area (Å²) in [4.78, 5) is 15.6. The zero-order valence-corrected chi connectivity index (χ0v) is 28.2. The molecule has 4 heterocycles. The number of benzene rings is 1. The van der Waals surface area contributed by atoms with Crippen LogP contribution >= 0.6 is 0 Å². The maximum absolute atomic E-state index is 12.7. The highest BCUT2D eigenvalue weighted by Gasteiger charge is 2.57. The van der Waals surface area contributed by atoms with Gasteiger partial charge in [-0.1, -0.05) is 23.3 Å². The van der Waals surface area contributed by atoms with Crippen LogP contribution in [0.4, 0.5) is 0 Å². The summed E-state index contributed by atoms with van der Waals surface area (Å²) >= 11 is 0. The van der Waals surface area contributed by atoms with Gasteiger partial charge in [0, 0.05) is 47.6 Å². The van der Waals surface area contributed by atoms with Crippen molar-refractivity contribution in [3.8, 4) is 0 Å². The van der Waals surface area contributed by atoms with Crippen molar-refractivity contribution in [2.45, 2.75) is 92.1 Å². The first kappa shape index (κ1) is 37.7. The molecule has 15 atom stereocenters. The molecule has 5 rings (SSSR count). The molecule has 0 spiro atoms. The number of aliphatic hydroxyl groups is 1. The second kappa shape index (κ2) is 17.6. The van der Waals surface area contributed by atoms with Gasteiger partial charge in [-0.15, -0.1) is 0 Å². The number of carbonyl (C=O) groups excluding carboxylic acids is 1. The Morgan fingerprint density at radius 2 is 1.41 bits per heavy atom. The molecule has 0 aliphatic carbocycles. The number of azide groups is 1. The minimum atomic E-state index is -1.24. The molecule has 6 unspecified atom stereocenters. The average Bonchev–Trinajstić information content (AvgIpc) is 3.56. The van der Waals surface area contributed by atoms with Gasteiger partial charge < -0.3 is 66.7 Å². The number of fused-ring (bicyclic) bond motifs is 2. The Morgan fingerprint density at radius 3 is 2.02 bits per heavy atom. The highest BCUT2D eigenvalue weighted by Crippen LogP contribution is 2.38. The fraction of sp³-hybridized carbons (Fsp3) is 0.774. The van der Waals surface area contributed by atoms with Crippen molar-refractivity contribution in [1.82, 2.24) is 0 Å². The van der Waals surface area contributed by atoms with Crippen molar-refractivity contribution in [2.24, 2.45) is 5.11 Å². The Morgan fingerprint density at radius 1 is 0.796 bits per heavy atom. The molecule has 2 bridgehead atoms. The monoisotopic (exact) mass is 699 g/mol. The Labute approximate surface area is 283 Å². The third-order valence-corrected chi connectivity index (χ3v) is 9.10. The molecule has 0 aromatic heterocycles. The van der Waals surface area contributed by atoms with Crippen LogP contribution in [0.15, 0.2) is 35.4 Å². The lowest BCUT2D eigenvalue weighted by Crippen LogP contribution is -2.67. The van der Waals surface area contributed by atoms with E-state index in [0.717, 1.165) is 0 Å². The molecular weight excluding hydrogens is 654 g/mol. The van der Waals surface area contributed by atoms with E-state index < -0.39 is 98.0 Å².